The Morgan fingerprint density at radius 3 is 2.36 bits per heavy atom. The molecule has 0 amide bonds. The van der Waals surface area contributed by atoms with Crippen molar-refractivity contribution in [3.8, 4) is 28.2 Å². The van der Waals surface area contributed by atoms with Crippen LogP contribution < -0.4 is 4.57 Å². The summed E-state index contributed by atoms with van der Waals surface area (Å²) in [7, 11) is 2.16. The monoisotopic (exact) mass is 446 g/mol. The maximum atomic E-state index is 4.79. The second-order valence-electron chi connectivity index (χ2n) is 8.46. The second-order valence-corrected chi connectivity index (χ2v) is 9.69. The van der Waals surface area contributed by atoms with Crippen molar-refractivity contribution in [2.75, 3.05) is 0 Å². The van der Waals surface area contributed by atoms with Crippen LogP contribution in [0.4, 0.5) is 0 Å². The molecule has 3 nitrogen and oxygen atoms in total. The summed E-state index contributed by atoms with van der Waals surface area (Å²) in [5, 5.41) is 1.10. The maximum Gasteiger partial charge on any atom is 0.295 e. The van der Waals surface area contributed by atoms with Crippen LogP contribution in [0.2, 0.25) is 0 Å². The van der Waals surface area contributed by atoms with E-state index in [1.807, 2.05) is 0 Å². The van der Waals surface area contributed by atoms with Crippen LogP contribution in [-0.4, -0.2) is 9.55 Å². The molecule has 0 aliphatic carbocycles. The van der Waals surface area contributed by atoms with Crippen molar-refractivity contribution in [1.82, 2.24) is 9.55 Å². The van der Waals surface area contributed by atoms with Gasteiger partial charge in [0, 0.05) is 5.56 Å². The zero-order chi connectivity index (χ0) is 22.5. The van der Waals surface area contributed by atoms with Gasteiger partial charge in [-0.05, 0) is 55.3 Å². The molecule has 0 atom stereocenters. The largest absolute Gasteiger partial charge is 0.295 e. The smallest absolute Gasteiger partial charge is 0.241 e. The summed E-state index contributed by atoms with van der Waals surface area (Å²) in [4.78, 5) is 4.79. The lowest BCUT2D eigenvalue weighted by Gasteiger charge is -2.11. The number of aryl methyl sites for hydroxylation is 3. The van der Waals surface area contributed by atoms with Gasteiger partial charge in [0.25, 0.3) is 5.82 Å². The molecule has 6 aromatic rings. The van der Waals surface area contributed by atoms with Crippen molar-refractivity contribution >= 4 is 32.6 Å². The third-order valence-corrected chi connectivity index (χ3v) is 7.26. The molecule has 0 spiro atoms. The van der Waals surface area contributed by atoms with Gasteiger partial charge in [0.1, 0.15) is 5.69 Å². The van der Waals surface area contributed by atoms with Gasteiger partial charge in [-0.3, -0.25) is 0 Å². The van der Waals surface area contributed by atoms with Gasteiger partial charge < -0.3 is 0 Å². The minimum absolute atomic E-state index is 1.06. The number of para-hydroxylation sites is 3. The molecular formula is C29H24N3S+. The van der Waals surface area contributed by atoms with E-state index in [0.717, 1.165) is 16.3 Å². The van der Waals surface area contributed by atoms with E-state index in [1.54, 1.807) is 11.3 Å². The first-order valence-corrected chi connectivity index (χ1v) is 12.0. The molecule has 0 N–H and O–H groups in total. The van der Waals surface area contributed by atoms with Crippen molar-refractivity contribution in [3.63, 3.8) is 0 Å². The standard InChI is InChI=1S/C29H24N3S/c1-19-17-28-24(30-20(2)33-28)18-23(19)29-31(3)26-15-9-10-16-27(26)32(29)25-14-8-7-13-22(25)21-11-5-4-6-12-21/h4-18H,1-3H3/q+1. The van der Waals surface area contributed by atoms with Gasteiger partial charge in [0.15, 0.2) is 11.0 Å². The van der Waals surface area contributed by atoms with Gasteiger partial charge >= 0.3 is 0 Å². The van der Waals surface area contributed by atoms with Crippen molar-refractivity contribution in [2.45, 2.75) is 13.8 Å². The molecular weight excluding hydrogens is 422 g/mol. The van der Waals surface area contributed by atoms with Crippen LogP contribution in [0, 0.1) is 13.8 Å². The molecule has 0 aliphatic rings. The number of nitrogens with zero attached hydrogens (tertiary/aromatic N) is 3. The first kappa shape index (κ1) is 19.9. The molecule has 4 heteroatoms. The molecule has 0 saturated heterocycles. The molecule has 33 heavy (non-hydrogen) atoms. The minimum atomic E-state index is 1.06. The third kappa shape index (κ3) is 3.18. The Labute approximate surface area is 197 Å². The molecule has 0 bridgehead atoms. The van der Waals surface area contributed by atoms with Gasteiger partial charge in [0.2, 0.25) is 0 Å². The number of hydrogen-bond acceptors (Lipinski definition) is 2. The van der Waals surface area contributed by atoms with Gasteiger partial charge in [-0.1, -0.05) is 60.7 Å². The number of benzene rings is 4. The normalized spacial score (nSPS) is 11.5. The van der Waals surface area contributed by atoms with E-state index in [4.69, 9.17) is 4.98 Å². The Morgan fingerprint density at radius 1 is 0.788 bits per heavy atom. The minimum Gasteiger partial charge on any atom is -0.241 e. The molecule has 0 aliphatic heterocycles. The highest BCUT2D eigenvalue weighted by Crippen LogP contribution is 2.36. The summed E-state index contributed by atoms with van der Waals surface area (Å²) in [5.74, 6) is 1.16. The molecule has 0 radical (unpaired) electrons. The summed E-state index contributed by atoms with van der Waals surface area (Å²) in [6.07, 6.45) is 0. The zero-order valence-corrected chi connectivity index (χ0v) is 19.7. The Bertz CT molecular complexity index is 1640. The Morgan fingerprint density at radius 2 is 1.52 bits per heavy atom. The average molecular weight is 447 g/mol. The quantitative estimate of drug-likeness (QED) is 0.268. The molecule has 0 saturated carbocycles. The summed E-state index contributed by atoms with van der Waals surface area (Å²) < 4.78 is 5.96. The van der Waals surface area contributed by atoms with Crippen molar-refractivity contribution in [3.05, 3.63) is 102 Å². The lowest BCUT2D eigenvalue weighted by molar-refractivity contribution is -0.633. The number of aromatic nitrogens is 3. The van der Waals surface area contributed by atoms with E-state index < -0.39 is 0 Å². The topological polar surface area (TPSA) is 21.7 Å². The summed E-state index contributed by atoms with van der Waals surface area (Å²) in [6.45, 7) is 4.28. The highest BCUT2D eigenvalue weighted by molar-refractivity contribution is 7.18. The highest BCUT2D eigenvalue weighted by Gasteiger charge is 2.29. The SMILES string of the molecule is Cc1nc2cc(-c3n(-c4ccccc4-c4ccccc4)c4ccccc4[n+]3C)c(C)cc2s1. The molecule has 0 fully saturated rings. The second kappa shape index (κ2) is 7.68. The van der Waals surface area contributed by atoms with Gasteiger partial charge in [-0.15, -0.1) is 11.3 Å². The lowest BCUT2D eigenvalue weighted by atomic mass is 10.0. The Hall–Kier alpha value is -3.76. The first-order chi connectivity index (χ1) is 16.1. The van der Waals surface area contributed by atoms with Gasteiger partial charge in [-0.2, -0.15) is 4.57 Å². The van der Waals surface area contributed by atoms with Crippen molar-refractivity contribution in [1.29, 1.82) is 0 Å². The summed E-state index contributed by atoms with van der Waals surface area (Å²) in [5.41, 5.74) is 9.50. The number of fused-ring (bicyclic) bond motifs is 2. The van der Waals surface area contributed by atoms with E-state index >= 15 is 0 Å². The number of hydrogen-bond donors (Lipinski definition) is 0. The van der Waals surface area contributed by atoms with Crippen LogP contribution in [0.1, 0.15) is 10.6 Å². The van der Waals surface area contributed by atoms with Crippen LogP contribution in [0.3, 0.4) is 0 Å². The third-order valence-electron chi connectivity index (χ3n) is 6.33. The van der Waals surface area contributed by atoms with Crippen LogP contribution >= 0.6 is 11.3 Å². The lowest BCUT2D eigenvalue weighted by Crippen LogP contribution is -2.30. The fraction of sp³-hybridized carbons (Fsp3) is 0.103. The summed E-state index contributed by atoms with van der Waals surface area (Å²) in [6, 6.07) is 32.5. The Balaban J connectivity index is 1.73. The molecule has 160 valence electrons. The van der Waals surface area contributed by atoms with E-state index in [2.05, 4.69) is 121 Å². The number of thiazole rings is 1. The van der Waals surface area contributed by atoms with Gasteiger partial charge in [0.05, 0.1) is 27.8 Å². The fourth-order valence-corrected chi connectivity index (χ4v) is 5.73. The van der Waals surface area contributed by atoms with Gasteiger partial charge in [-0.25, -0.2) is 9.55 Å². The number of imidazole rings is 1. The maximum absolute atomic E-state index is 4.79. The number of rotatable bonds is 3. The van der Waals surface area contributed by atoms with Crippen LogP contribution in [0.15, 0.2) is 91.0 Å². The average Bonchev–Trinajstić information content (AvgIpc) is 3.35. The van der Waals surface area contributed by atoms with E-state index in [0.29, 0.717) is 0 Å². The van der Waals surface area contributed by atoms with Crippen LogP contribution in [0.25, 0.3) is 49.5 Å². The molecule has 6 rings (SSSR count). The van der Waals surface area contributed by atoms with Crippen molar-refractivity contribution < 1.29 is 4.57 Å². The summed E-state index contributed by atoms with van der Waals surface area (Å²) >= 11 is 1.76. The highest BCUT2D eigenvalue weighted by atomic mass is 32.1. The first-order valence-electron chi connectivity index (χ1n) is 11.1. The van der Waals surface area contributed by atoms with Crippen LogP contribution in [-0.2, 0) is 7.05 Å². The fourth-order valence-electron chi connectivity index (χ4n) is 4.82. The predicted molar refractivity (Wildman–Crippen MR) is 138 cm³/mol. The van der Waals surface area contributed by atoms with E-state index in [9.17, 15) is 0 Å². The predicted octanol–water partition coefficient (Wildman–Crippen LogP) is 7.02. The molecule has 2 aromatic heterocycles. The molecule has 2 heterocycles. The Kier molecular flexibility index (Phi) is 4.63. The van der Waals surface area contributed by atoms with E-state index in [-0.39, 0.29) is 0 Å². The zero-order valence-electron chi connectivity index (χ0n) is 18.9. The van der Waals surface area contributed by atoms with Crippen LogP contribution in [0.5, 0.6) is 0 Å². The van der Waals surface area contributed by atoms with Crippen molar-refractivity contribution in [2.24, 2.45) is 7.05 Å². The molecule has 4 aromatic carbocycles. The molecule has 0 unspecified atom stereocenters. The van der Waals surface area contributed by atoms with E-state index in [1.165, 1.54) is 43.7 Å².